The molecule has 5 heteroatoms. The van der Waals surface area contributed by atoms with Crippen LogP contribution in [-0.2, 0) is 17.8 Å². The quantitative estimate of drug-likeness (QED) is 0.858. The summed E-state index contributed by atoms with van der Waals surface area (Å²) >= 11 is 0. The highest BCUT2D eigenvalue weighted by Crippen LogP contribution is 2.26. The van der Waals surface area contributed by atoms with E-state index in [9.17, 15) is 13.6 Å². The van der Waals surface area contributed by atoms with Gasteiger partial charge in [-0.15, -0.1) is 0 Å². The second-order valence-corrected chi connectivity index (χ2v) is 6.34. The van der Waals surface area contributed by atoms with Gasteiger partial charge in [0.1, 0.15) is 11.6 Å². The minimum absolute atomic E-state index is 0.0849. The zero-order valence-corrected chi connectivity index (χ0v) is 12.0. The lowest BCUT2D eigenvalue weighted by molar-refractivity contribution is -0.135. The number of halogens is 2. The van der Waals surface area contributed by atoms with Gasteiger partial charge in [-0.2, -0.15) is 0 Å². The second kappa shape index (κ2) is 5.13. The molecule has 1 amide bonds. The maximum Gasteiger partial charge on any atom is 0.240 e. The Labute approximate surface area is 117 Å². The van der Waals surface area contributed by atoms with Crippen LogP contribution in [0.5, 0.6) is 0 Å². The molecule has 0 saturated carbocycles. The molecule has 3 nitrogen and oxygen atoms in total. The van der Waals surface area contributed by atoms with Crippen LogP contribution in [0, 0.1) is 17.0 Å². The van der Waals surface area contributed by atoms with Crippen molar-refractivity contribution in [3.63, 3.8) is 0 Å². The van der Waals surface area contributed by atoms with E-state index in [0.29, 0.717) is 18.5 Å². The predicted molar refractivity (Wildman–Crippen MR) is 72.9 cm³/mol. The predicted octanol–water partition coefficient (Wildman–Crippen LogP) is 2.22. The molecule has 1 aromatic rings. The number of nitrogens with two attached hydrogens (primary N) is 1. The van der Waals surface area contributed by atoms with Gasteiger partial charge in [0.25, 0.3) is 0 Å². The number of carbonyl (C=O) groups is 1. The summed E-state index contributed by atoms with van der Waals surface area (Å²) in [6, 6.07) is 1.58. The highest BCUT2D eigenvalue weighted by atomic mass is 19.1. The molecule has 0 saturated heterocycles. The lowest BCUT2D eigenvalue weighted by Crippen LogP contribution is -2.51. The van der Waals surface area contributed by atoms with Crippen molar-refractivity contribution in [1.82, 2.24) is 4.90 Å². The average molecular weight is 282 g/mol. The van der Waals surface area contributed by atoms with Crippen LogP contribution in [-0.4, -0.2) is 23.4 Å². The molecule has 0 spiro atoms. The first kappa shape index (κ1) is 14.9. The molecule has 0 radical (unpaired) electrons. The van der Waals surface area contributed by atoms with E-state index in [4.69, 9.17) is 5.73 Å². The first-order valence-electron chi connectivity index (χ1n) is 6.72. The number of hydrogen-bond donors (Lipinski definition) is 1. The first-order chi connectivity index (χ1) is 9.21. The maximum absolute atomic E-state index is 13.8. The Kier molecular flexibility index (Phi) is 3.82. The van der Waals surface area contributed by atoms with Crippen molar-refractivity contribution in [2.24, 2.45) is 11.1 Å². The number of nitrogens with zero attached hydrogens (tertiary/aromatic N) is 1. The molecular formula is C15H20F2N2O. The summed E-state index contributed by atoms with van der Waals surface area (Å²) in [6.07, 6.45) is 0.321. The van der Waals surface area contributed by atoms with Gasteiger partial charge in [0, 0.05) is 18.7 Å². The highest BCUT2D eigenvalue weighted by Gasteiger charge is 2.33. The maximum atomic E-state index is 13.8. The monoisotopic (exact) mass is 282 g/mol. The molecule has 1 heterocycles. The summed E-state index contributed by atoms with van der Waals surface area (Å²) in [7, 11) is 0. The van der Waals surface area contributed by atoms with Crippen molar-refractivity contribution in [3.8, 4) is 0 Å². The van der Waals surface area contributed by atoms with E-state index in [1.807, 2.05) is 20.8 Å². The van der Waals surface area contributed by atoms with Crippen LogP contribution in [0.2, 0.25) is 0 Å². The van der Waals surface area contributed by atoms with Gasteiger partial charge in [-0.25, -0.2) is 8.78 Å². The molecule has 0 aliphatic carbocycles. The largest absolute Gasteiger partial charge is 0.337 e. The Morgan fingerprint density at radius 3 is 2.35 bits per heavy atom. The topological polar surface area (TPSA) is 46.3 Å². The fourth-order valence-corrected chi connectivity index (χ4v) is 2.35. The Morgan fingerprint density at radius 1 is 1.25 bits per heavy atom. The summed E-state index contributed by atoms with van der Waals surface area (Å²) < 4.78 is 27.4. The molecule has 1 aliphatic rings. The Bertz CT molecular complexity index is 537. The molecule has 1 atom stereocenters. The van der Waals surface area contributed by atoms with Crippen molar-refractivity contribution < 1.29 is 13.6 Å². The molecule has 1 aromatic carbocycles. The third kappa shape index (κ3) is 2.68. The van der Waals surface area contributed by atoms with Crippen LogP contribution in [0.3, 0.4) is 0 Å². The Balaban J connectivity index is 2.24. The third-order valence-corrected chi connectivity index (χ3v) is 3.81. The van der Waals surface area contributed by atoms with Crippen molar-refractivity contribution in [2.45, 2.75) is 39.8 Å². The summed E-state index contributed by atoms with van der Waals surface area (Å²) in [5.74, 6) is -1.09. The second-order valence-electron chi connectivity index (χ2n) is 6.34. The number of carbonyl (C=O) groups excluding carboxylic acids is 1. The van der Waals surface area contributed by atoms with Gasteiger partial charge < -0.3 is 10.6 Å². The van der Waals surface area contributed by atoms with Gasteiger partial charge >= 0.3 is 0 Å². The molecule has 2 N–H and O–H groups in total. The zero-order valence-electron chi connectivity index (χ0n) is 12.0. The smallest absolute Gasteiger partial charge is 0.240 e. The molecule has 0 bridgehead atoms. The molecule has 110 valence electrons. The number of benzene rings is 1. The van der Waals surface area contributed by atoms with E-state index in [1.165, 1.54) is 4.90 Å². The van der Waals surface area contributed by atoms with Gasteiger partial charge in [0.05, 0.1) is 6.04 Å². The fraction of sp³-hybridized carbons (Fsp3) is 0.533. The number of rotatable bonds is 1. The summed E-state index contributed by atoms with van der Waals surface area (Å²) in [6.45, 7) is 6.10. The molecule has 1 aliphatic heterocycles. The Morgan fingerprint density at radius 2 is 1.80 bits per heavy atom. The molecule has 0 aromatic heterocycles. The van der Waals surface area contributed by atoms with Crippen molar-refractivity contribution >= 4 is 5.91 Å². The number of amides is 1. The van der Waals surface area contributed by atoms with Crippen molar-refractivity contribution in [2.75, 3.05) is 6.54 Å². The summed E-state index contributed by atoms with van der Waals surface area (Å²) in [5, 5.41) is 0. The van der Waals surface area contributed by atoms with Gasteiger partial charge in [-0.3, -0.25) is 4.79 Å². The van der Waals surface area contributed by atoms with Gasteiger partial charge in [-0.1, -0.05) is 20.8 Å². The zero-order chi connectivity index (χ0) is 15.1. The molecule has 20 heavy (non-hydrogen) atoms. The summed E-state index contributed by atoms with van der Waals surface area (Å²) in [4.78, 5) is 13.9. The van der Waals surface area contributed by atoms with Gasteiger partial charge in [0.2, 0.25) is 5.91 Å². The van der Waals surface area contributed by atoms with E-state index in [2.05, 4.69) is 0 Å². The van der Waals surface area contributed by atoms with E-state index >= 15 is 0 Å². The van der Waals surface area contributed by atoms with E-state index in [0.717, 1.165) is 12.1 Å². The number of fused-ring (bicyclic) bond motifs is 1. The lowest BCUT2D eigenvalue weighted by atomic mass is 9.86. The van der Waals surface area contributed by atoms with Gasteiger partial charge in [0.15, 0.2) is 0 Å². The van der Waals surface area contributed by atoms with Crippen LogP contribution in [0.4, 0.5) is 8.78 Å². The fourth-order valence-electron chi connectivity index (χ4n) is 2.35. The van der Waals surface area contributed by atoms with Crippen molar-refractivity contribution in [3.05, 3.63) is 34.9 Å². The normalized spacial score (nSPS) is 16.8. The average Bonchev–Trinajstić information content (AvgIpc) is 2.40. The highest BCUT2D eigenvalue weighted by molar-refractivity contribution is 5.82. The molecular weight excluding hydrogens is 262 g/mol. The van der Waals surface area contributed by atoms with E-state index in [-0.39, 0.29) is 23.4 Å². The van der Waals surface area contributed by atoms with E-state index in [1.54, 1.807) is 0 Å². The van der Waals surface area contributed by atoms with Crippen LogP contribution >= 0.6 is 0 Å². The SMILES string of the molecule is CC(C)(C)[C@H](N)C(=O)N1CCc2c(F)ccc(F)c2C1. The van der Waals surface area contributed by atoms with E-state index < -0.39 is 17.7 Å². The minimum atomic E-state index is -0.652. The lowest BCUT2D eigenvalue weighted by Gasteiger charge is -2.35. The van der Waals surface area contributed by atoms with Crippen LogP contribution in [0.1, 0.15) is 31.9 Å². The van der Waals surface area contributed by atoms with Gasteiger partial charge in [-0.05, 0) is 29.5 Å². The van der Waals surface area contributed by atoms with Crippen LogP contribution < -0.4 is 5.73 Å². The third-order valence-electron chi connectivity index (χ3n) is 3.81. The van der Waals surface area contributed by atoms with Crippen molar-refractivity contribution in [1.29, 1.82) is 0 Å². The van der Waals surface area contributed by atoms with Crippen LogP contribution in [0.15, 0.2) is 12.1 Å². The molecule has 0 fully saturated rings. The molecule has 2 rings (SSSR count). The standard InChI is InChI=1S/C15H20F2N2O/c1-15(2,3)13(18)14(20)19-7-6-9-10(8-19)12(17)5-4-11(9)16/h4-5,13H,6-8,18H2,1-3H3/t13-/m1/s1. The molecule has 0 unspecified atom stereocenters. The first-order valence-corrected chi connectivity index (χ1v) is 6.72. The number of hydrogen-bond acceptors (Lipinski definition) is 2. The summed E-state index contributed by atoms with van der Waals surface area (Å²) in [5.41, 5.74) is 6.23. The Hall–Kier alpha value is -1.49. The van der Waals surface area contributed by atoms with Crippen LogP contribution in [0.25, 0.3) is 0 Å². The minimum Gasteiger partial charge on any atom is -0.337 e.